The molecule has 2 nitrogen and oxygen atoms in total. The summed E-state index contributed by atoms with van der Waals surface area (Å²) in [5, 5.41) is 13.1. The van der Waals surface area contributed by atoms with Gasteiger partial charge >= 0.3 is 0 Å². The molecule has 2 fully saturated rings. The van der Waals surface area contributed by atoms with Gasteiger partial charge in [0.25, 0.3) is 0 Å². The third-order valence-corrected chi connectivity index (χ3v) is 4.55. The lowest BCUT2D eigenvalue weighted by Crippen LogP contribution is -2.48. The van der Waals surface area contributed by atoms with Crippen LogP contribution in [0.3, 0.4) is 0 Å². The average molecular weight is 234 g/mol. The van der Waals surface area contributed by atoms with Crippen molar-refractivity contribution >= 4 is 0 Å². The van der Waals surface area contributed by atoms with Gasteiger partial charge in [0.2, 0.25) is 0 Å². The fourth-order valence-corrected chi connectivity index (χ4v) is 3.29. The van der Waals surface area contributed by atoms with Crippen LogP contribution in [-0.4, -0.2) is 11.6 Å². The Bertz CT molecular complexity index is 269. The molecule has 17 heavy (non-hydrogen) atoms. The van der Waals surface area contributed by atoms with Gasteiger partial charge in [0, 0.05) is 6.04 Å². The van der Waals surface area contributed by atoms with Gasteiger partial charge in [-0.25, -0.2) is 0 Å². The minimum absolute atomic E-state index is 0.278. The van der Waals surface area contributed by atoms with Crippen molar-refractivity contribution in [2.45, 2.75) is 82.7 Å². The van der Waals surface area contributed by atoms with Crippen molar-refractivity contribution in [1.29, 1.82) is 5.26 Å². The summed E-state index contributed by atoms with van der Waals surface area (Å²) in [5.74, 6) is 0.804. The summed E-state index contributed by atoms with van der Waals surface area (Å²) in [4.78, 5) is 0. The van der Waals surface area contributed by atoms with Crippen LogP contribution in [0, 0.1) is 17.2 Å². The maximum atomic E-state index is 9.44. The lowest BCUT2D eigenvalue weighted by Gasteiger charge is -2.35. The molecule has 0 saturated heterocycles. The zero-order valence-corrected chi connectivity index (χ0v) is 11.2. The van der Waals surface area contributed by atoms with Crippen LogP contribution < -0.4 is 5.32 Å². The highest BCUT2D eigenvalue weighted by Gasteiger charge is 2.32. The van der Waals surface area contributed by atoms with Gasteiger partial charge in [0.1, 0.15) is 5.54 Å². The van der Waals surface area contributed by atoms with Gasteiger partial charge in [-0.1, -0.05) is 44.9 Å². The minimum atomic E-state index is -0.278. The molecule has 0 aromatic heterocycles. The summed E-state index contributed by atoms with van der Waals surface area (Å²) < 4.78 is 0. The molecule has 2 heteroatoms. The number of nitriles is 1. The molecule has 2 aliphatic carbocycles. The molecule has 96 valence electrons. The highest BCUT2D eigenvalue weighted by atomic mass is 15.0. The van der Waals surface area contributed by atoms with Crippen molar-refractivity contribution in [3.8, 4) is 6.07 Å². The van der Waals surface area contributed by atoms with Gasteiger partial charge < -0.3 is 0 Å². The third kappa shape index (κ3) is 3.71. The van der Waals surface area contributed by atoms with E-state index in [0.29, 0.717) is 6.04 Å². The van der Waals surface area contributed by atoms with Crippen LogP contribution in [0.15, 0.2) is 0 Å². The Kier molecular flexibility index (Phi) is 4.45. The molecule has 0 aromatic rings. The molecule has 2 aliphatic rings. The van der Waals surface area contributed by atoms with Gasteiger partial charge in [-0.2, -0.15) is 5.26 Å². The maximum absolute atomic E-state index is 9.44. The Morgan fingerprint density at radius 3 is 2.18 bits per heavy atom. The van der Waals surface area contributed by atoms with E-state index >= 15 is 0 Å². The zero-order valence-electron chi connectivity index (χ0n) is 11.2. The van der Waals surface area contributed by atoms with Crippen LogP contribution in [0.1, 0.15) is 71.1 Å². The van der Waals surface area contributed by atoms with Crippen molar-refractivity contribution in [2.24, 2.45) is 5.92 Å². The predicted molar refractivity (Wildman–Crippen MR) is 70.6 cm³/mol. The summed E-state index contributed by atoms with van der Waals surface area (Å²) in [7, 11) is 0. The standard InChI is InChI=1S/C15H26N2/c1-15(12-16,11-13-7-6-8-13)17-14-9-4-2-3-5-10-14/h13-14,17H,2-11H2,1H3. The molecule has 2 rings (SSSR count). The van der Waals surface area contributed by atoms with Crippen molar-refractivity contribution in [2.75, 3.05) is 0 Å². The number of nitrogens with one attached hydrogen (secondary N) is 1. The summed E-state index contributed by atoms with van der Waals surface area (Å²) in [6.45, 7) is 2.11. The fourth-order valence-electron chi connectivity index (χ4n) is 3.29. The van der Waals surface area contributed by atoms with E-state index in [1.165, 1.54) is 57.8 Å². The van der Waals surface area contributed by atoms with E-state index in [-0.39, 0.29) is 5.54 Å². The van der Waals surface area contributed by atoms with E-state index in [9.17, 15) is 5.26 Å². The van der Waals surface area contributed by atoms with Gasteiger partial charge in [-0.05, 0) is 32.1 Å². The number of hydrogen-bond acceptors (Lipinski definition) is 2. The topological polar surface area (TPSA) is 35.8 Å². The first-order chi connectivity index (χ1) is 8.22. The minimum Gasteiger partial charge on any atom is -0.297 e. The van der Waals surface area contributed by atoms with Gasteiger partial charge in [0.05, 0.1) is 6.07 Å². The van der Waals surface area contributed by atoms with Crippen molar-refractivity contribution in [1.82, 2.24) is 5.32 Å². The van der Waals surface area contributed by atoms with E-state index in [4.69, 9.17) is 0 Å². The molecule has 0 heterocycles. The number of rotatable bonds is 4. The second-order valence-corrected chi connectivity index (χ2v) is 6.28. The average Bonchev–Trinajstić information content (AvgIpc) is 2.52. The smallest absolute Gasteiger partial charge is 0.104 e. The Labute approximate surface area is 106 Å². The van der Waals surface area contributed by atoms with Crippen LogP contribution in [0.2, 0.25) is 0 Å². The molecule has 0 amide bonds. The van der Waals surface area contributed by atoms with Crippen LogP contribution in [0.4, 0.5) is 0 Å². The van der Waals surface area contributed by atoms with Gasteiger partial charge in [-0.3, -0.25) is 5.32 Å². The lowest BCUT2D eigenvalue weighted by atomic mass is 9.76. The highest BCUT2D eigenvalue weighted by molar-refractivity contribution is 5.06. The number of hydrogen-bond donors (Lipinski definition) is 1. The second kappa shape index (κ2) is 5.87. The first-order valence-electron chi connectivity index (χ1n) is 7.41. The molecule has 1 atom stereocenters. The quantitative estimate of drug-likeness (QED) is 0.752. The first kappa shape index (κ1) is 12.9. The Morgan fingerprint density at radius 1 is 1.06 bits per heavy atom. The molecular weight excluding hydrogens is 208 g/mol. The maximum Gasteiger partial charge on any atom is 0.104 e. The molecule has 0 spiro atoms. The van der Waals surface area contributed by atoms with E-state index in [1.807, 2.05) is 0 Å². The van der Waals surface area contributed by atoms with Crippen LogP contribution >= 0.6 is 0 Å². The summed E-state index contributed by atoms with van der Waals surface area (Å²) in [5.41, 5.74) is -0.278. The molecule has 0 aromatic carbocycles. The van der Waals surface area contributed by atoms with Gasteiger partial charge in [0.15, 0.2) is 0 Å². The molecular formula is C15H26N2. The number of nitrogens with zero attached hydrogens (tertiary/aromatic N) is 1. The predicted octanol–water partition coefficient (Wildman–Crippen LogP) is 3.77. The van der Waals surface area contributed by atoms with Crippen molar-refractivity contribution < 1.29 is 0 Å². The summed E-state index contributed by atoms with van der Waals surface area (Å²) in [6.07, 6.45) is 13.1. The Hall–Kier alpha value is -0.550. The molecule has 0 bridgehead atoms. The first-order valence-corrected chi connectivity index (χ1v) is 7.41. The highest BCUT2D eigenvalue weighted by Crippen LogP contribution is 2.34. The van der Waals surface area contributed by atoms with E-state index in [1.54, 1.807) is 0 Å². The summed E-state index contributed by atoms with van der Waals surface area (Å²) >= 11 is 0. The third-order valence-electron chi connectivity index (χ3n) is 4.55. The van der Waals surface area contributed by atoms with Crippen LogP contribution in [0.5, 0.6) is 0 Å². The van der Waals surface area contributed by atoms with Gasteiger partial charge in [-0.15, -0.1) is 0 Å². The Balaban J connectivity index is 1.85. The van der Waals surface area contributed by atoms with E-state index in [0.717, 1.165) is 12.3 Å². The second-order valence-electron chi connectivity index (χ2n) is 6.28. The SMILES string of the molecule is CC(C#N)(CC1CCC1)NC1CCCCCC1. The van der Waals surface area contributed by atoms with Crippen molar-refractivity contribution in [3.05, 3.63) is 0 Å². The largest absolute Gasteiger partial charge is 0.297 e. The van der Waals surface area contributed by atoms with Crippen molar-refractivity contribution in [3.63, 3.8) is 0 Å². The van der Waals surface area contributed by atoms with E-state index in [2.05, 4.69) is 18.3 Å². The van der Waals surface area contributed by atoms with E-state index < -0.39 is 0 Å². The van der Waals surface area contributed by atoms with Crippen LogP contribution in [-0.2, 0) is 0 Å². The molecule has 2 saturated carbocycles. The summed E-state index contributed by atoms with van der Waals surface area (Å²) in [6, 6.07) is 3.12. The molecule has 0 radical (unpaired) electrons. The molecule has 1 unspecified atom stereocenters. The Morgan fingerprint density at radius 2 is 1.71 bits per heavy atom. The normalized spacial score (nSPS) is 26.6. The fraction of sp³-hybridized carbons (Fsp3) is 0.933. The zero-order chi connectivity index (χ0) is 12.1. The molecule has 1 N–H and O–H groups in total. The molecule has 0 aliphatic heterocycles. The lowest BCUT2D eigenvalue weighted by molar-refractivity contribution is 0.220. The van der Waals surface area contributed by atoms with Crippen LogP contribution in [0.25, 0.3) is 0 Å². The monoisotopic (exact) mass is 234 g/mol.